The molecule has 2 aromatic rings. The number of rotatable bonds is 8. The Balaban J connectivity index is 2.12. The topological polar surface area (TPSA) is 35.5 Å². The summed E-state index contributed by atoms with van der Waals surface area (Å²) in [5, 5.41) is 0. The van der Waals surface area contributed by atoms with Gasteiger partial charge in [0.25, 0.3) is 0 Å². The molecule has 28 heavy (non-hydrogen) atoms. The Hall–Kier alpha value is 0.680. The van der Waals surface area contributed by atoms with Crippen molar-refractivity contribution in [1.82, 2.24) is 0 Å². The van der Waals surface area contributed by atoms with E-state index in [1.165, 1.54) is 0 Å². The molecule has 0 aliphatic rings. The van der Waals surface area contributed by atoms with E-state index in [1.54, 1.807) is 11.8 Å². The largest absolute Gasteiger partial charge is 0.487 e. The summed E-state index contributed by atoms with van der Waals surface area (Å²) in [5.41, 5.74) is 0. The van der Waals surface area contributed by atoms with E-state index in [-0.39, 0.29) is 6.61 Å². The van der Waals surface area contributed by atoms with Crippen molar-refractivity contribution in [3.63, 3.8) is 0 Å². The van der Waals surface area contributed by atoms with Crippen LogP contribution in [-0.2, 0) is 9.53 Å². The molecular formula is C18H12Br6O3S. The molecule has 0 spiro atoms. The predicted octanol–water partition coefficient (Wildman–Crippen LogP) is 8.53. The second-order valence-electron chi connectivity index (χ2n) is 5.28. The molecule has 0 aliphatic heterocycles. The van der Waals surface area contributed by atoms with E-state index in [4.69, 9.17) is 9.47 Å². The quantitative estimate of drug-likeness (QED) is 0.153. The zero-order chi connectivity index (χ0) is 20.8. The van der Waals surface area contributed by atoms with Gasteiger partial charge in [-0.3, -0.25) is 0 Å². The Morgan fingerprint density at radius 1 is 0.964 bits per heavy atom. The maximum atomic E-state index is 11.7. The van der Waals surface area contributed by atoms with Gasteiger partial charge in [-0.15, -0.1) is 11.8 Å². The van der Waals surface area contributed by atoms with Crippen LogP contribution in [0.4, 0.5) is 0 Å². The number of carbonyl (C=O) groups excluding carboxylic acids is 1. The third-order valence-electron chi connectivity index (χ3n) is 3.20. The molecule has 2 rings (SSSR count). The highest BCUT2D eigenvalue weighted by Gasteiger charge is 2.19. The van der Waals surface area contributed by atoms with Gasteiger partial charge in [-0.25, -0.2) is 4.79 Å². The first-order valence-electron chi connectivity index (χ1n) is 7.59. The van der Waals surface area contributed by atoms with Crippen molar-refractivity contribution in [2.45, 2.75) is 11.0 Å². The predicted molar refractivity (Wildman–Crippen MR) is 135 cm³/mol. The summed E-state index contributed by atoms with van der Waals surface area (Å²) in [5.74, 6) is 0.653. The van der Waals surface area contributed by atoms with Crippen molar-refractivity contribution < 1.29 is 14.3 Å². The van der Waals surface area contributed by atoms with Gasteiger partial charge >= 0.3 is 5.97 Å². The van der Waals surface area contributed by atoms with Crippen LogP contribution in [0.15, 0.2) is 68.7 Å². The molecule has 0 heterocycles. The summed E-state index contributed by atoms with van der Waals surface area (Å²) >= 11 is 22.5. The van der Waals surface area contributed by atoms with Crippen molar-refractivity contribution in [3.05, 3.63) is 63.8 Å². The molecule has 3 nitrogen and oxygen atoms in total. The Morgan fingerprint density at radius 2 is 1.46 bits per heavy atom. The first-order valence-corrected chi connectivity index (χ1v) is 13.3. The molecule has 0 fully saturated rings. The fourth-order valence-corrected chi connectivity index (χ4v) is 8.36. The normalized spacial score (nSPS) is 11.8. The molecule has 0 bridgehead atoms. The van der Waals surface area contributed by atoms with Crippen LogP contribution in [0.1, 0.15) is 0 Å². The lowest BCUT2D eigenvalue weighted by Crippen LogP contribution is -2.27. The Labute approximate surface area is 218 Å². The average molecular weight is 788 g/mol. The second-order valence-corrected chi connectivity index (χ2v) is 11.6. The van der Waals surface area contributed by atoms with Gasteiger partial charge in [0.2, 0.25) is 0 Å². The minimum atomic E-state index is -0.489. The minimum absolute atomic E-state index is 0.192. The first-order chi connectivity index (χ1) is 13.2. The molecule has 1 atom stereocenters. The zero-order valence-electron chi connectivity index (χ0n) is 14.0. The Morgan fingerprint density at radius 3 is 1.96 bits per heavy atom. The number of ether oxygens (including phenoxy) is 2. The number of esters is 1. The van der Waals surface area contributed by atoms with Crippen molar-refractivity contribution in [2.75, 3.05) is 12.4 Å². The number of halogens is 6. The standard InChI is InChI=1S/C18H12Br6O3S/c1-2-16(25)27-11(7-26-17-12(21)3-9(19)4-13(17)22)8-28-18-14(23)5-10(20)6-15(18)24/h2-6,11H,1,7-8H2. The fourth-order valence-electron chi connectivity index (χ4n) is 2.01. The van der Waals surface area contributed by atoms with E-state index in [1.807, 2.05) is 24.3 Å². The minimum Gasteiger partial charge on any atom is -0.487 e. The summed E-state index contributed by atoms with van der Waals surface area (Å²) in [4.78, 5) is 12.8. The van der Waals surface area contributed by atoms with E-state index in [9.17, 15) is 4.79 Å². The summed E-state index contributed by atoms with van der Waals surface area (Å²) < 4.78 is 16.7. The molecule has 10 heteroatoms. The van der Waals surface area contributed by atoms with Crippen LogP contribution in [0, 0.1) is 0 Å². The second kappa shape index (κ2) is 11.9. The Bertz CT molecular complexity index is 782. The van der Waals surface area contributed by atoms with Crippen molar-refractivity contribution in [2.24, 2.45) is 0 Å². The van der Waals surface area contributed by atoms with Crippen LogP contribution >= 0.6 is 107 Å². The lowest BCUT2D eigenvalue weighted by Gasteiger charge is -2.19. The third kappa shape index (κ3) is 7.42. The number of thioether (sulfide) groups is 1. The molecule has 150 valence electrons. The number of hydrogen-bond donors (Lipinski definition) is 0. The van der Waals surface area contributed by atoms with E-state index in [0.29, 0.717) is 11.5 Å². The highest BCUT2D eigenvalue weighted by atomic mass is 79.9. The van der Waals surface area contributed by atoms with E-state index in [0.717, 1.165) is 37.8 Å². The summed E-state index contributed by atoms with van der Waals surface area (Å²) in [6.07, 6.45) is 0.676. The molecule has 0 amide bonds. The lowest BCUT2D eigenvalue weighted by molar-refractivity contribution is -0.143. The molecular weight excluding hydrogens is 776 g/mol. The van der Waals surface area contributed by atoms with Gasteiger partial charge in [-0.05, 0) is 88.0 Å². The van der Waals surface area contributed by atoms with Gasteiger partial charge in [-0.2, -0.15) is 0 Å². The highest BCUT2D eigenvalue weighted by Crippen LogP contribution is 2.39. The van der Waals surface area contributed by atoms with E-state index >= 15 is 0 Å². The summed E-state index contributed by atoms with van der Waals surface area (Å²) in [6, 6.07) is 7.69. The van der Waals surface area contributed by atoms with E-state index in [2.05, 4.69) is 102 Å². The van der Waals surface area contributed by atoms with Gasteiger partial charge < -0.3 is 9.47 Å². The average Bonchev–Trinajstić information content (AvgIpc) is 2.59. The Kier molecular flexibility index (Phi) is 10.6. The zero-order valence-corrected chi connectivity index (χ0v) is 24.3. The monoisotopic (exact) mass is 782 g/mol. The van der Waals surface area contributed by atoms with Gasteiger partial charge in [0, 0.05) is 34.6 Å². The maximum Gasteiger partial charge on any atom is 0.330 e. The van der Waals surface area contributed by atoms with E-state index < -0.39 is 12.1 Å². The van der Waals surface area contributed by atoms with Crippen molar-refractivity contribution >= 4 is 113 Å². The highest BCUT2D eigenvalue weighted by molar-refractivity contribution is 9.12. The first kappa shape index (κ1) is 24.9. The van der Waals surface area contributed by atoms with Crippen LogP contribution in [0.5, 0.6) is 5.75 Å². The smallest absolute Gasteiger partial charge is 0.330 e. The van der Waals surface area contributed by atoms with Crippen LogP contribution in [-0.4, -0.2) is 24.4 Å². The molecule has 1 unspecified atom stereocenters. The molecule has 0 N–H and O–H groups in total. The van der Waals surface area contributed by atoms with Gasteiger partial charge in [-0.1, -0.05) is 38.4 Å². The number of carbonyl (C=O) groups is 1. The molecule has 0 aromatic heterocycles. The lowest BCUT2D eigenvalue weighted by atomic mass is 10.3. The number of benzene rings is 2. The van der Waals surface area contributed by atoms with Crippen LogP contribution in [0.2, 0.25) is 0 Å². The fraction of sp³-hybridized carbons (Fsp3) is 0.167. The van der Waals surface area contributed by atoms with Crippen LogP contribution in [0.3, 0.4) is 0 Å². The summed E-state index contributed by atoms with van der Waals surface area (Å²) in [6.45, 7) is 3.66. The summed E-state index contributed by atoms with van der Waals surface area (Å²) in [7, 11) is 0. The van der Waals surface area contributed by atoms with Crippen molar-refractivity contribution in [3.8, 4) is 5.75 Å². The SMILES string of the molecule is C=CC(=O)OC(COc1c(Br)cc(Br)cc1Br)CSc1c(Br)cc(Br)cc1Br. The molecule has 0 saturated carbocycles. The molecule has 0 saturated heterocycles. The maximum absolute atomic E-state index is 11.7. The number of hydrogen-bond acceptors (Lipinski definition) is 4. The molecule has 0 radical (unpaired) electrons. The van der Waals surface area contributed by atoms with Crippen molar-refractivity contribution in [1.29, 1.82) is 0 Å². The third-order valence-corrected chi connectivity index (χ3v) is 8.34. The molecule has 0 aliphatic carbocycles. The van der Waals surface area contributed by atoms with Crippen LogP contribution in [0.25, 0.3) is 0 Å². The van der Waals surface area contributed by atoms with Gasteiger partial charge in [0.05, 0.1) is 8.95 Å². The molecule has 2 aromatic carbocycles. The van der Waals surface area contributed by atoms with Crippen LogP contribution < -0.4 is 4.74 Å². The van der Waals surface area contributed by atoms with Gasteiger partial charge in [0.1, 0.15) is 18.5 Å². The van der Waals surface area contributed by atoms with Gasteiger partial charge in [0.15, 0.2) is 0 Å².